The molecule has 6 heteroatoms. The van der Waals surface area contributed by atoms with E-state index >= 15 is 0 Å². The number of nitrogens with one attached hydrogen (secondary N) is 1. The Hall–Kier alpha value is -1.40. The van der Waals surface area contributed by atoms with Crippen molar-refractivity contribution in [1.29, 1.82) is 0 Å². The van der Waals surface area contributed by atoms with Gasteiger partial charge in [0.2, 0.25) is 5.95 Å². The van der Waals surface area contributed by atoms with Crippen LogP contribution >= 0.6 is 11.3 Å². The quantitative estimate of drug-likeness (QED) is 0.918. The second-order valence-corrected chi connectivity index (χ2v) is 5.03. The van der Waals surface area contributed by atoms with Crippen LogP contribution in [0.15, 0.2) is 11.4 Å². The molecule has 0 radical (unpaired) electrons. The number of hydrogen-bond donors (Lipinski definition) is 1. The van der Waals surface area contributed by atoms with Gasteiger partial charge in [-0.25, -0.2) is 4.98 Å². The highest BCUT2D eigenvalue weighted by Crippen LogP contribution is 2.29. The summed E-state index contributed by atoms with van der Waals surface area (Å²) in [7, 11) is 0. The normalized spacial score (nSPS) is 16.2. The molecule has 3 rings (SSSR count). The van der Waals surface area contributed by atoms with Gasteiger partial charge in [-0.05, 0) is 18.4 Å². The molecule has 3 heterocycles. The van der Waals surface area contributed by atoms with Gasteiger partial charge in [-0.3, -0.25) is 0 Å². The average Bonchev–Trinajstić information content (AvgIpc) is 2.87. The minimum Gasteiger partial charge on any atom is -0.378 e. The lowest BCUT2D eigenvalue weighted by atomic mass is 10.3. The third kappa shape index (κ3) is 2.13. The Morgan fingerprint density at radius 2 is 2.22 bits per heavy atom. The molecule has 1 saturated heterocycles. The molecule has 0 bridgehead atoms. The summed E-state index contributed by atoms with van der Waals surface area (Å²) in [6.45, 7) is 6.22. The first kappa shape index (κ1) is 11.7. The zero-order chi connectivity index (χ0) is 12.4. The monoisotopic (exact) mass is 264 g/mol. The highest BCUT2D eigenvalue weighted by Gasteiger charge is 2.17. The van der Waals surface area contributed by atoms with Crippen molar-refractivity contribution in [2.45, 2.75) is 6.92 Å². The Bertz CT molecular complexity index is 536. The maximum Gasteiger partial charge on any atom is 0.226 e. The summed E-state index contributed by atoms with van der Waals surface area (Å²) in [5.74, 6) is 1.74. The van der Waals surface area contributed by atoms with Crippen molar-refractivity contribution >= 4 is 33.3 Å². The van der Waals surface area contributed by atoms with Crippen molar-refractivity contribution in [2.24, 2.45) is 0 Å². The molecule has 18 heavy (non-hydrogen) atoms. The number of fused-ring (bicyclic) bond motifs is 1. The largest absolute Gasteiger partial charge is 0.378 e. The highest BCUT2D eigenvalue weighted by molar-refractivity contribution is 7.16. The lowest BCUT2D eigenvalue weighted by Crippen LogP contribution is -2.37. The van der Waals surface area contributed by atoms with Crippen LogP contribution in [0, 0.1) is 0 Å². The molecule has 1 aliphatic heterocycles. The van der Waals surface area contributed by atoms with Gasteiger partial charge in [0.25, 0.3) is 0 Å². The summed E-state index contributed by atoms with van der Waals surface area (Å²) in [6, 6.07) is 2.10. The lowest BCUT2D eigenvalue weighted by Gasteiger charge is -2.28. The van der Waals surface area contributed by atoms with E-state index in [2.05, 4.69) is 38.6 Å². The first-order valence-corrected chi connectivity index (χ1v) is 7.08. The van der Waals surface area contributed by atoms with Crippen LogP contribution in [0.1, 0.15) is 6.92 Å². The van der Waals surface area contributed by atoms with Gasteiger partial charge in [0.1, 0.15) is 10.6 Å². The van der Waals surface area contributed by atoms with Crippen molar-refractivity contribution in [3.63, 3.8) is 0 Å². The summed E-state index contributed by atoms with van der Waals surface area (Å²) in [6.07, 6.45) is 0. The zero-order valence-electron chi connectivity index (χ0n) is 10.3. The Morgan fingerprint density at radius 3 is 3.00 bits per heavy atom. The molecule has 0 unspecified atom stereocenters. The minimum atomic E-state index is 0.717. The Kier molecular flexibility index (Phi) is 3.29. The molecule has 2 aromatic rings. The molecule has 0 amide bonds. The van der Waals surface area contributed by atoms with Gasteiger partial charge in [-0.1, -0.05) is 0 Å². The smallest absolute Gasteiger partial charge is 0.226 e. The van der Waals surface area contributed by atoms with Crippen molar-refractivity contribution < 1.29 is 4.74 Å². The first-order valence-electron chi connectivity index (χ1n) is 6.20. The van der Waals surface area contributed by atoms with Crippen molar-refractivity contribution in [3.05, 3.63) is 11.4 Å². The van der Waals surface area contributed by atoms with Crippen molar-refractivity contribution in [2.75, 3.05) is 43.1 Å². The fourth-order valence-corrected chi connectivity index (χ4v) is 2.85. The standard InChI is InChI=1S/C12H16N4OS/c1-2-13-12-14-10(16-4-6-17-7-5-16)9-3-8-18-11(9)15-12/h3,8H,2,4-7H2,1H3,(H,13,14,15). The second kappa shape index (κ2) is 5.07. The molecule has 1 N–H and O–H groups in total. The van der Waals surface area contributed by atoms with Crippen LogP contribution in [0.4, 0.5) is 11.8 Å². The molecular weight excluding hydrogens is 248 g/mol. The number of ether oxygens (including phenoxy) is 1. The number of aromatic nitrogens is 2. The van der Waals surface area contributed by atoms with E-state index in [1.807, 2.05) is 0 Å². The molecule has 1 fully saturated rings. The molecule has 0 aliphatic carbocycles. The van der Waals surface area contributed by atoms with E-state index in [0.717, 1.165) is 48.9 Å². The van der Waals surface area contributed by atoms with Crippen LogP contribution in [0.3, 0.4) is 0 Å². The number of nitrogens with zero attached hydrogens (tertiary/aromatic N) is 3. The topological polar surface area (TPSA) is 50.3 Å². The molecule has 0 saturated carbocycles. The fourth-order valence-electron chi connectivity index (χ4n) is 2.09. The van der Waals surface area contributed by atoms with Gasteiger partial charge < -0.3 is 15.0 Å². The summed E-state index contributed by atoms with van der Waals surface area (Å²) in [5, 5.41) is 6.41. The van der Waals surface area contributed by atoms with Crippen LogP contribution < -0.4 is 10.2 Å². The SMILES string of the molecule is CCNc1nc(N2CCOCC2)c2ccsc2n1. The summed E-state index contributed by atoms with van der Waals surface area (Å²) in [4.78, 5) is 12.5. The maximum absolute atomic E-state index is 5.39. The second-order valence-electron chi connectivity index (χ2n) is 4.14. The zero-order valence-corrected chi connectivity index (χ0v) is 11.2. The average molecular weight is 264 g/mol. The van der Waals surface area contributed by atoms with E-state index in [1.54, 1.807) is 11.3 Å². The minimum absolute atomic E-state index is 0.717. The van der Waals surface area contributed by atoms with Gasteiger partial charge in [-0.15, -0.1) is 11.3 Å². The van der Waals surface area contributed by atoms with E-state index in [0.29, 0.717) is 5.95 Å². The van der Waals surface area contributed by atoms with Gasteiger partial charge in [-0.2, -0.15) is 4.98 Å². The molecule has 0 atom stereocenters. The number of hydrogen-bond acceptors (Lipinski definition) is 6. The van der Waals surface area contributed by atoms with Gasteiger partial charge in [0, 0.05) is 19.6 Å². The van der Waals surface area contributed by atoms with Crippen LogP contribution in [0.5, 0.6) is 0 Å². The molecule has 96 valence electrons. The molecule has 0 spiro atoms. The summed E-state index contributed by atoms with van der Waals surface area (Å²) < 4.78 is 5.39. The fraction of sp³-hybridized carbons (Fsp3) is 0.500. The Labute approximate surface area is 110 Å². The molecule has 2 aromatic heterocycles. The van der Waals surface area contributed by atoms with Gasteiger partial charge in [0.05, 0.1) is 18.6 Å². The van der Waals surface area contributed by atoms with Gasteiger partial charge in [0.15, 0.2) is 0 Å². The third-order valence-corrected chi connectivity index (χ3v) is 3.76. The Balaban J connectivity index is 2.03. The predicted molar refractivity (Wildman–Crippen MR) is 74.6 cm³/mol. The third-order valence-electron chi connectivity index (χ3n) is 2.95. The Morgan fingerprint density at radius 1 is 1.39 bits per heavy atom. The number of morpholine rings is 1. The van der Waals surface area contributed by atoms with Crippen LogP contribution in [0.25, 0.3) is 10.2 Å². The van der Waals surface area contributed by atoms with E-state index in [4.69, 9.17) is 4.74 Å². The molecule has 1 aliphatic rings. The molecule has 5 nitrogen and oxygen atoms in total. The van der Waals surface area contributed by atoms with E-state index < -0.39 is 0 Å². The van der Waals surface area contributed by atoms with Crippen molar-refractivity contribution in [3.8, 4) is 0 Å². The number of rotatable bonds is 3. The van der Waals surface area contributed by atoms with E-state index in [9.17, 15) is 0 Å². The predicted octanol–water partition coefficient (Wildman–Crippen LogP) is 1.96. The van der Waals surface area contributed by atoms with E-state index in [-0.39, 0.29) is 0 Å². The molecule has 0 aromatic carbocycles. The first-order chi connectivity index (χ1) is 8.88. The van der Waals surface area contributed by atoms with Crippen LogP contribution in [0.2, 0.25) is 0 Å². The van der Waals surface area contributed by atoms with Gasteiger partial charge >= 0.3 is 0 Å². The highest BCUT2D eigenvalue weighted by atomic mass is 32.1. The van der Waals surface area contributed by atoms with Crippen LogP contribution in [-0.2, 0) is 4.74 Å². The number of thiophene rings is 1. The van der Waals surface area contributed by atoms with Crippen molar-refractivity contribution in [1.82, 2.24) is 9.97 Å². The summed E-state index contributed by atoms with van der Waals surface area (Å²) in [5.41, 5.74) is 0. The molecular formula is C12H16N4OS. The van der Waals surface area contributed by atoms with E-state index in [1.165, 1.54) is 0 Å². The number of anilines is 2. The maximum atomic E-state index is 5.39. The lowest BCUT2D eigenvalue weighted by molar-refractivity contribution is 0.122. The van der Waals surface area contributed by atoms with Crippen LogP contribution in [-0.4, -0.2) is 42.8 Å². The summed E-state index contributed by atoms with van der Waals surface area (Å²) >= 11 is 1.66.